The van der Waals surface area contributed by atoms with Crippen LogP contribution in [0.4, 0.5) is 5.69 Å². The van der Waals surface area contributed by atoms with Gasteiger partial charge in [0.15, 0.2) is 0 Å². The van der Waals surface area contributed by atoms with E-state index >= 15 is 0 Å². The maximum atomic E-state index is 11.5. The highest BCUT2D eigenvalue weighted by atomic mass is 32.2. The number of fused-ring (bicyclic) bond motifs is 1. The molecular weight excluding hydrogens is 282 g/mol. The Hall–Kier alpha value is -2.07. The van der Waals surface area contributed by atoms with Crippen molar-refractivity contribution in [1.29, 1.82) is 0 Å². The minimum Gasteiger partial charge on any atom is -0.480 e. The molecule has 1 N–H and O–H groups in total. The van der Waals surface area contributed by atoms with Crippen molar-refractivity contribution in [2.75, 3.05) is 0 Å². The largest absolute Gasteiger partial charge is 0.480 e. The van der Waals surface area contributed by atoms with Crippen molar-refractivity contribution in [2.45, 2.75) is 23.5 Å². The van der Waals surface area contributed by atoms with Gasteiger partial charge < -0.3 is 5.11 Å². The summed E-state index contributed by atoms with van der Waals surface area (Å²) in [5.41, 5.74) is 3.85. The van der Waals surface area contributed by atoms with E-state index in [0.29, 0.717) is 6.42 Å². The van der Waals surface area contributed by atoms with Crippen LogP contribution in [0.15, 0.2) is 58.4 Å². The number of nitrogens with zero attached hydrogens (tertiary/aromatic N) is 1. The molecule has 4 heteroatoms. The molecule has 0 aliphatic carbocycles. The third-order valence-electron chi connectivity index (χ3n) is 3.43. The van der Waals surface area contributed by atoms with Gasteiger partial charge in [-0.15, -0.1) is 11.8 Å². The molecule has 1 heterocycles. The van der Waals surface area contributed by atoms with Gasteiger partial charge in [0.2, 0.25) is 0 Å². The number of benzene rings is 2. The highest BCUT2D eigenvalue weighted by Crippen LogP contribution is 2.37. The van der Waals surface area contributed by atoms with Crippen LogP contribution < -0.4 is 0 Å². The number of hydrogen-bond donors (Lipinski definition) is 1. The number of aliphatic carboxylic acids is 1. The summed E-state index contributed by atoms with van der Waals surface area (Å²) in [6.07, 6.45) is 0.428. The Morgan fingerprint density at radius 1 is 1.19 bits per heavy atom. The molecule has 0 aromatic heterocycles. The number of carboxylic acids is 1. The molecule has 0 radical (unpaired) electrons. The van der Waals surface area contributed by atoms with Crippen LogP contribution in [-0.2, 0) is 4.79 Å². The van der Waals surface area contributed by atoms with Crippen LogP contribution in [0.1, 0.15) is 17.5 Å². The topological polar surface area (TPSA) is 49.7 Å². The van der Waals surface area contributed by atoms with Crippen LogP contribution >= 0.6 is 11.8 Å². The monoisotopic (exact) mass is 297 g/mol. The first-order valence-corrected chi connectivity index (χ1v) is 7.64. The fourth-order valence-corrected chi connectivity index (χ4v) is 3.32. The van der Waals surface area contributed by atoms with Gasteiger partial charge in [0.25, 0.3) is 0 Å². The Bertz CT molecular complexity index is 707. The molecule has 0 fully saturated rings. The van der Waals surface area contributed by atoms with Crippen molar-refractivity contribution >= 4 is 29.1 Å². The summed E-state index contributed by atoms with van der Waals surface area (Å²) in [4.78, 5) is 17.1. The maximum Gasteiger partial charge on any atom is 0.317 e. The molecule has 0 spiro atoms. The average molecular weight is 297 g/mol. The Labute approximate surface area is 127 Å². The highest BCUT2D eigenvalue weighted by Gasteiger charge is 2.26. The highest BCUT2D eigenvalue weighted by molar-refractivity contribution is 8.00. The minimum absolute atomic E-state index is 0.428. The molecule has 106 valence electrons. The van der Waals surface area contributed by atoms with Crippen LogP contribution in [0, 0.1) is 6.92 Å². The average Bonchev–Trinajstić information content (AvgIpc) is 2.67. The first-order chi connectivity index (χ1) is 10.1. The standard InChI is InChI=1S/C17H15NO2S/c1-11-6-8-12(9-7-11)14-10-16(17(19)20)21-15-5-3-2-4-13(15)18-14/h2-9,16H,10H2,1H3,(H,19,20). The molecule has 2 aromatic rings. The number of thioether (sulfide) groups is 1. The first kappa shape index (κ1) is 13.9. The van der Waals surface area contributed by atoms with Gasteiger partial charge >= 0.3 is 5.97 Å². The Morgan fingerprint density at radius 3 is 2.62 bits per heavy atom. The van der Waals surface area contributed by atoms with Crippen molar-refractivity contribution in [3.63, 3.8) is 0 Å². The van der Waals surface area contributed by atoms with Gasteiger partial charge in [-0.05, 0) is 24.6 Å². The second-order valence-electron chi connectivity index (χ2n) is 5.04. The predicted octanol–water partition coefficient (Wildman–Crippen LogP) is 4.06. The third kappa shape index (κ3) is 3.00. The van der Waals surface area contributed by atoms with Crippen molar-refractivity contribution in [2.24, 2.45) is 4.99 Å². The van der Waals surface area contributed by atoms with E-state index in [0.717, 1.165) is 21.9 Å². The molecule has 0 amide bonds. The fraction of sp³-hybridized carbons (Fsp3) is 0.176. The van der Waals surface area contributed by atoms with Gasteiger partial charge in [-0.2, -0.15) is 0 Å². The van der Waals surface area contributed by atoms with E-state index in [2.05, 4.69) is 0 Å². The van der Waals surface area contributed by atoms with Crippen LogP contribution in [0.3, 0.4) is 0 Å². The summed E-state index contributed by atoms with van der Waals surface area (Å²) in [5.74, 6) is -0.795. The van der Waals surface area contributed by atoms with Crippen LogP contribution in [-0.4, -0.2) is 22.0 Å². The summed E-state index contributed by atoms with van der Waals surface area (Å²) in [5, 5.41) is 8.92. The van der Waals surface area contributed by atoms with E-state index in [4.69, 9.17) is 4.99 Å². The van der Waals surface area contributed by atoms with Gasteiger partial charge in [0.1, 0.15) is 5.25 Å². The molecule has 1 aliphatic heterocycles. The zero-order chi connectivity index (χ0) is 14.8. The Morgan fingerprint density at radius 2 is 1.90 bits per heavy atom. The molecule has 0 bridgehead atoms. The van der Waals surface area contributed by atoms with Crippen molar-refractivity contribution in [1.82, 2.24) is 0 Å². The fourth-order valence-electron chi connectivity index (χ4n) is 2.28. The molecule has 1 aliphatic rings. The number of carboxylic acid groups (broad SMARTS) is 1. The van der Waals surface area contributed by atoms with Gasteiger partial charge in [0, 0.05) is 11.3 Å². The molecule has 3 rings (SSSR count). The number of aliphatic imine (C=N–C) groups is 1. The maximum absolute atomic E-state index is 11.5. The second kappa shape index (κ2) is 5.74. The van der Waals surface area contributed by atoms with Crippen molar-refractivity contribution in [3.8, 4) is 0 Å². The number of hydrogen-bond acceptors (Lipinski definition) is 3. The molecule has 21 heavy (non-hydrogen) atoms. The minimum atomic E-state index is -0.795. The molecule has 1 atom stereocenters. The smallest absolute Gasteiger partial charge is 0.317 e. The number of carbonyl (C=O) groups is 1. The van der Waals surface area contributed by atoms with Gasteiger partial charge in [-0.1, -0.05) is 42.0 Å². The van der Waals surface area contributed by atoms with E-state index in [-0.39, 0.29) is 0 Å². The predicted molar refractivity (Wildman–Crippen MR) is 85.7 cm³/mol. The van der Waals surface area contributed by atoms with Gasteiger partial charge in [0.05, 0.1) is 11.4 Å². The third-order valence-corrected chi connectivity index (χ3v) is 4.68. The zero-order valence-corrected chi connectivity index (χ0v) is 12.4. The van der Waals surface area contributed by atoms with Crippen molar-refractivity contribution in [3.05, 3.63) is 59.7 Å². The summed E-state index contributed by atoms with van der Waals surface area (Å²) in [6.45, 7) is 2.03. The SMILES string of the molecule is Cc1ccc(C2=Nc3ccccc3SC(C(=O)O)C2)cc1. The van der Waals surface area contributed by atoms with E-state index in [1.165, 1.54) is 17.3 Å². The normalized spacial score (nSPS) is 17.6. The number of aryl methyl sites for hydroxylation is 1. The molecule has 0 saturated heterocycles. The summed E-state index contributed by atoms with van der Waals surface area (Å²) < 4.78 is 0. The second-order valence-corrected chi connectivity index (χ2v) is 6.29. The Kier molecular flexibility index (Phi) is 3.80. The van der Waals surface area contributed by atoms with Crippen LogP contribution in [0.25, 0.3) is 0 Å². The number of rotatable bonds is 2. The zero-order valence-electron chi connectivity index (χ0n) is 11.6. The van der Waals surface area contributed by atoms with Crippen LogP contribution in [0.2, 0.25) is 0 Å². The molecule has 0 saturated carbocycles. The van der Waals surface area contributed by atoms with Crippen LogP contribution in [0.5, 0.6) is 0 Å². The molecule has 1 unspecified atom stereocenters. The summed E-state index contributed by atoms with van der Waals surface area (Å²) in [6, 6.07) is 15.8. The molecule has 3 nitrogen and oxygen atoms in total. The van der Waals surface area contributed by atoms with E-state index < -0.39 is 11.2 Å². The molecular formula is C17H15NO2S. The van der Waals surface area contributed by atoms with Gasteiger partial charge in [-0.3, -0.25) is 9.79 Å². The van der Waals surface area contributed by atoms with Gasteiger partial charge in [-0.25, -0.2) is 0 Å². The Balaban J connectivity index is 2.07. The first-order valence-electron chi connectivity index (χ1n) is 6.76. The lowest BCUT2D eigenvalue weighted by molar-refractivity contribution is -0.136. The summed E-state index contributed by atoms with van der Waals surface area (Å²) in [7, 11) is 0. The van der Waals surface area contributed by atoms with E-state index in [1.54, 1.807) is 0 Å². The quantitative estimate of drug-likeness (QED) is 0.909. The lowest BCUT2D eigenvalue weighted by atomic mass is 10.0. The van der Waals surface area contributed by atoms with E-state index in [1.807, 2.05) is 55.5 Å². The lowest BCUT2D eigenvalue weighted by Gasteiger charge is -2.10. The van der Waals surface area contributed by atoms with E-state index in [9.17, 15) is 9.90 Å². The number of para-hydroxylation sites is 1. The lowest BCUT2D eigenvalue weighted by Crippen LogP contribution is -2.20. The summed E-state index contributed by atoms with van der Waals surface area (Å²) >= 11 is 1.37. The van der Waals surface area contributed by atoms with Crippen molar-refractivity contribution < 1.29 is 9.90 Å². The molecule has 2 aromatic carbocycles.